The van der Waals surface area contributed by atoms with Crippen LogP contribution in [-0.4, -0.2) is 29.6 Å². The van der Waals surface area contributed by atoms with Crippen LogP contribution < -0.4 is 4.74 Å². The Morgan fingerprint density at radius 1 is 1.38 bits per heavy atom. The number of esters is 1. The van der Waals surface area contributed by atoms with E-state index in [1.54, 1.807) is 4.40 Å². The second-order valence-corrected chi connectivity index (χ2v) is 3.40. The lowest BCUT2D eigenvalue weighted by Gasteiger charge is -2.02. The maximum atomic E-state index is 11.5. The molecule has 0 radical (unpaired) electrons. The third-order valence-electron chi connectivity index (χ3n) is 2.29. The summed E-state index contributed by atoms with van der Waals surface area (Å²) in [5, 5.41) is 0. The van der Waals surface area contributed by atoms with Crippen LogP contribution in [0.25, 0.3) is 5.65 Å². The van der Waals surface area contributed by atoms with Gasteiger partial charge >= 0.3 is 5.97 Å². The van der Waals surface area contributed by atoms with Crippen LogP contribution in [-0.2, 0) is 4.74 Å². The Morgan fingerprint density at radius 2 is 2.12 bits per heavy atom. The van der Waals surface area contributed by atoms with Gasteiger partial charge in [-0.25, -0.2) is 9.78 Å². The lowest BCUT2D eigenvalue weighted by atomic mass is 10.3. The minimum absolute atomic E-state index is 0.190. The summed E-state index contributed by atoms with van der Waals surface area (Å²) in [6.07, 6.45) is 1.85. The number of pyridine rings is 1. The highest BCUT2D eigenvalue weighted by molar-refractivity contribution is 5.91. The average molecular weight is 220 g/mol. The first-order valence-corrected chi connectivity index (χ1v) is 4.78. The monoisotopic (exact) mass is 220 g/mol. The summed E-state index contributed by atoms with van der Waals surface area (Å²) in [6.45, 7) is 1.96. The molecule has 0 saturated heterocycles. The molecule has 2 aromatic heterocycles. The average Bonchev–Trinajstić information content (AvgIpc) is 2.65. The third-order valence-corrected chi connectivity index (χ3v) is 2.29. The van der Waals surface area contributed by atoms with Crippen molar-refractivity contribution in [1.29, 1.82) is 0 Å². The summed E-state index contributed by atoms with van der Waals surface area (Å²) in [4.78, 5) is 15.6. The van der Waals surface area contributed by atoms with Gasteiger partial charge in [0.1, 0.15) is 5.65 Å². The van der Waals surface area contributed by atoms with Crippen molar-refractivity contribution in [2.75, 3.05) is 14.2 Å². The Labute approximate surface area is 92.6 Å². The van der Waals surface area contributed by atoms with Crippen molar-refractivity contribution < 1.29 is 14.3 Å². The largest absolute Gasteiger partial charge is 0.480 e. The standard InChI is InChI=1S/C11H12N2O3/c1-7-4-5-8-12-9(11(14)16-3)10(15-2)13(8)6-7/h4-6H,1-3H3. The van der Waals surface area contributed by atoms with Crippen molar-refractivity contribution in [3.8, 4) is 5.88 Å². The maximum absolute atomic E-state index is 11.5. The number of carbonyl (C=O) groups is 1. The number of ether oxygens (including phenoxy) is 2. The number of imidazole rings is 1. The molecule has 0 atom stereocenters. The molecule has 0 spiro atoms. The van der Waals surface area contributed by atoms with Crippen molar-refractivity contribution in [2.24, 2.45) is 0 Å². The molecule has 0 bridgehead atoms. The van der Waals surface area contributed by atoms with E-state index >= 15 is 0 Å². The predicted octanol–water partition coefficient (Wildman–Crippen LogP) is 1.44. The molecule has 0 saturated carbocycles. The highest BCUT2D eigenvalue weighted by Crippen LogP contribution is 2.21. The summed E-state index contributed by atoms with van der Waals surface area (Å²) in [5.74, 6) is -0.108. The lowest BCUT2D eigenvalue weighted by molar-refractivity contribution is 0.0590. The zero-order valence-electron chi connectivity index (χ0n) is 9.35. The molecule has 0 aromatic carbocycles. The van der Waals surface area contributed by atoms with Gasteiger partial charge in [-0.15, -0.1) is 0 Å². The van der Waals surface area contributed by atoms with Crippen LogP contribution >= 0.6 is 0 Å². The van der Waals surface area contributed by atoms with Crippen LogP contribution in [0.2, 0.25) is 0 Å². The van der Waals surface area contributed by atoms with Crippen LogP contribution in [0.5, 0.6) is 5.88 Å². The number of carbonyl (C=O) groups excluding carboxylic acids is 1. The van der Waals surface area contributed by atoms with E-state index < -0.39 is 5.97 Å². The van der Waals surface area contributed by atoms with Gasteiger partial charge in [0.2, 0.25) is 11.6 Å². The van der Waals surface area contributed by atoms with Crippen molar-refractivity contribution in [1.82, 2.24) is 9.38 Å². The fourth-order valence-corrected chi connectivity index (χ4v) is 1.55. The van der Waals surface area contributed by atoms with Gasteiger partial charge in [0.25, 0.3) is 0 Å². The van der Waals surface area contributed by atoms with E-state index in [-0.39, 0.29) is 5.69 Å². The Balaban J connectivity index is 2.71. The zero-order chi connectivity index (χ0) is 11.7. The third kappa shape index (κ3) is 1.50. The van der Waals surface area contributed by atoms with E-state index in [1.807, 2.05) is 25.3 Å². The topological polar surface area (TPSA) is 52.8 Å². The van der Waals surface area contributed by atoms with Crippen molar-refractivity contribution in [2.45, 2.75) is 6.92 Å². The summed E-state index contributed by atoms with van der Waals surface area (Å²) in [6, 6.07) is 3.74. The molecule has 0 unspecified atom stereocenters. The molecule has 84 valence electrons. The number of nitrogens with zero attached hydrogens (tertiary/aromatic N) is 2. The van der Waals surface area contributed by atoms with Crippen LogP contribution in [0.15, 0.2) is 18.3 Å². The number of fused-ring (bicyclic) bond motifs is 1. The molecular weight excluding hydrogens is 208 g/mol. The molecule has 5 nitrogen and oxygen atoms in total. The quantitative estimate of drug-likeness (QED) is 0.718. The number of methoxy groups -OCH3 is 2. The molecule has 2 rings (SSSR count). The van der Waals surface area contributed by atoms with E-state index in [0.29, 0.717) is 11.5 Å². The molecule has 5 heteroatoms. The fourth-order valence-electron chi connectivity index (χ4n) is 1.55. The van der Waals surface area contributed by atoms with Crippen LogP contribution in [0.1, 0.15) is 16.1 Å². The second kappa shape index (κ2) is 3.84. The molecule has 0 fully saturated rings. The number of hydrogen-bond donors (Lipinski definition) is 0. The molecular formula is C11H12N2O3. The molecule has 0 aliphatic heterocycles. The second-order valence-electron chi connectivity index (χ2n) is 3.40. The highest BCUT2D eigenvalue weighted by atomic mass is 16.5. The first-order chi connectivity index (χ1) is 7.67. The van der Waals surface area contributed by atoms with Crippen LogP contribution in [0, 0.1) is 6.92 Å². The maximum Gasteiger partial charge on any atom is 0.362 e. The summed E-state index contributed by atoms with van der Waals surface area (Å²) in [7, 11) is 2.81. The summed E-state index contributed by atoms with van der Waals surface area (Å²) < 4.78 is 11.5. The molecule has 0 aliphatic carbocycles. The van der Waals surface area contributed by atoms with Gasteiger partial charge in [-0.2, -0.15) is 0 Å². The lowest BCUT2D eigenvalue weighted by Crippen LogP contribution is -2.04. The summed E-state index contributed by atoms with van der Waals surface area (Å²) in [5.41, 5.74) is 1.90. The molecule has 2 heterocycles. The Bertz CT molecular complexity index is 545. The summed E-state index contributed by atoms with van der Waals surface area (Å²) >= 11 is 0. The number of aryl methyl sites for hydroxylation is 1. The number of rotatable bonds is 2. The van der Waals surface area contributed by atoms with E-state index in [4.69, 9.17) is 4.74 Å². The zero-order valence-corrected chi connectivity index (χ0v) is 9.35. The smallest absolute Gasteiger partial charge is 0.362 e. The van der Waals surface area contributed by atoms with Crippen molar-refractivity contribution in [3.63, 3.8) is 0 Å². The molecule has 0 aliphatic rings. The van der Waals surface area contributed by atoms with Gasteiger partial charge in [0.05, 0.1) is 14.2 Å². The predicted molar refractivity (Wildman–Crippen MR) is 57.8 cm³/mol. The molecule has 0 N–H and O–H groups in total. The number of hydrogen-bond acceptors (Lipinski definition) is 4. The highest BCUT2D eigenvalue weighted by Gasteiger charge is 2.20. The van der Waals surface area contributed by atoms with Crippen LogP contribution in [0.3, 0.4) is 0 Å². The normalized spacial score (nSPS) is 10.4. The minimum Gasteiger partial charge on any atom is -0.480 e. The molecule has 16 heavy (non-hydrogen) atoms. The van der Waals surface area contributed by atoms with E-state index in [0.717, 1.165) is 5.56 Å². The van der Waals surface area contributed by atoms with Crippen molar-refractivity contribution in [3.05, 3.63) is 29.6 Å². The first-order valence-electron chi connectivity index (χ1n) is 4.78. The van der Waals surface area contributed by atoms with Crippen molar-refractivity contribution >= 4 is 11.6 Å². The SMILES string of the molecule is COC(=O)c1nc2ccc(C)cn2c1OC. The van der Waals surface area contributed by atoms with E-state index in [9.17, 15) is 4.79 Å². The van der Waals surface area contributed by atoms with Gasteiger partial charge in [-0.3, -0.25) is 4.40 Å². The van der Waals surface area contributed by atoms with E-state index in [1.165, 1.54) is 14.2 Å². The van der Waals surface area contributed by atoms with Crippen LogP contribution in [0.4, 0.5) is 0 Å². The van der Waals surface area contributed by atoms with Gasteiger partial charge in [0, 0.05) is 6.20 Å². The molecule has 0 amide bonds. The molecule has 2 aromatic rings. The first kappa shape index (κ1) is 10.5. The van der Waals surface area contributed by atoms with Gasteiger partial charge in [0.15, 0.2) is 0 Å². The minimum atomic E-state index is -0.502. The van der Waals surface area contributed by atoms with Gasteiger partial charge < -0.3 is 9.47 Å². The van der Waals surface area contributed by atoms with Gasteiger partial charge in [-0.1, -0.05) is 6.07 Å². The van der Waals surface area contributed by atoms with E-state index in [2.05, 4.69) is 9.72 Å². The Kier molecular flexibility index (Phi) is 2.52. The number of aromatic nitrogens is 2. The Hall–Kier alpha value is -2.04. The van der Waals surface area contributed by atoms with Gasteiger partial charge in [-0.05, 0) is 18.6 Å². The fraction of sp³-hybridized carbons (Fsp3) is 0.273. The Morgan fingerprint density at radius 3 is 2.75 bits per heavy atom.